The van der Waals surface area contributed by atoms with Gasteiger partial charge in [-0.3, -0.25) is 4.68 Å². The van der Waals surface area contributed by atoms with Crippen molar-refractivity contribution in [1.29, 1.82) is 0 Å². The second kappa shape index (κ2) is 6.07. The van der Waals surface area contributed by atoms with Gasteiger partial charge in [0.05, 0.1) is 19.3 Å². The number of hydrogen-bond acceptors (Lipinski definition) is 5. The largest absolute Gasteiger partial charge is 0.394 e. The Morgan fingerprint density at radius 1 is 1.17 bits per heavy atom. The molecule has 0 atom stereocenters. The van der Waals surface area contributed by atoms with E-state index in [-0.39, 0.29) is 6.61 Å². The summed E-state index contributed by atoms with van der Waals surface area (Å²) in [4.78, 5) is 4.39. The van der Waals surface area contributed by atoms with E-state index in [0.717, 1.165) is 32.3 Å². The second-order valence-corrected chi connectivity index (χ2v) is 6.29. The van der Waals surface area contributed by atoms with Gasteiger partial charge in [-0.15, -0.1) is 11.3 Å². The van der Waals surface area contributed by atoms with Crippen LogP contribution in [0, 0.1) is 6.07 Å². The molecule has 3 aromatic heterocycles. The van der Waals surface area contributed by atoms with E-state index in [1.165, 1.54) is 0 Å². The van der Waals surface area contributed by atoms with Gasteiger partial charge in [0, 0.05) is 39.2 Å². The van der Waals surface area contributed by atoms with Gasteiger partial charge in [-0.05, 0) is 17.0 Å². The Kier molecular flexibility index (Phi) is 3.76. The monoisotopic (exact) mass is 335 g/mol. The normalized spacial score (nSPS) is 11.2. The zero-order valence-corrected chi connectivity index (χ0v) is 13.6. The molecule has 1 aromatic carbocycles. The molecule has 0 spiro atoms. The van der Waals surface area contributed by atoms with E-state index in [0.29, 0.717) is 12.4 Å². The van der Waals surface area contributed by atoms with Crippen LogP contribution in [0.15, 0.2) is 48.2 Å². The molecular weight excluding hydrogens is 320 g/mol. The first-order valence-corrected chi connectivity index (χ1v) is 8.41. The Hall–Kier alpha value is -2.70. The van der Waals surface area contributed by atoms with Crippen LogP contribution in [-0.4, -0.2) is 26.5 Å². The molecule has 3 heterocycles. The summed E-state index contributed by atoms with van der Waals surface area (Å²) in [5.41, 5.74) is 10.3. The maximum atomic E-state index is 9.05. The highest BCUT2D eigenvalue weighted by molar-refractivity contribution is 7.18. The van der Waals surface area contributed by atoms with E-state index in [1.54, 1.807) is 28.4 Å². The Bertz CT molecular complexity index is 991. The van der Waals surface area contributed by atoms with Gasteiger partial charge in [0.15, 0.2) is 0 Å². The van der Waals surface area contributed by atoms with Gasteiger partial charge < -0.3 is 10.8 Å². The number of nitrogens with two attached hydrogens (primary N) is 1. The van der Waals surface area contributed by atoms with Crippen molar-refractivity contribution in [2.24, 2.45) is 0 Å². The summed E-state index contributed by atoms with van der Waals surface area (Å²) in [6.07, 6.45) is 5.50. The Labute approximate surface area is 143 Å². The fourth-order valence-electron chi connectivity index (χ4n) is 2.78. The van der Waals surface area contributed by atoms with Crippen LogP contribution < -0.4 is 5.73 Å². The lowest BCUT2D eigenvalue weighted by molar-refractivity contribution is 0.269. The molecule has 0 aliphatic heterocycles. The molecule has 3 N–H and O–H groups in total. The first-order chi connectivity index (χ1) is 11.8. The molecule has 1 radical (unpaired) electrons. The van der Waals surface area contributed by atoms with Crippen molar-refractivity contribution in [3.05, 3.63) is 54.3 Å². The Morgan fingerprint density at radius 2 is 2.00 bits per heavy atom. The third kappa shape index (κ3) is 2.46. The smallest absolute Gasteiger partial charge is 0.132 e. The lowest BCUT2D eigenvalue weighted by Crippen LogP contribution is -2.01. The summed E-state index contributed by atoms with van der Waals surface area (Å²) >= 11 is 1.65. The first-order valence-electron chi connectivity index (χ1n) is 7.54. The Morgan fingerprint density at radius 3 is 2.79 bits per heavy atom. The maximum Gasteiger partial charge on any atom is 0.132 e. The number of aliphatic hydroxyl groups excluding tert-OH is 1. The number of benzene rings is 1. The van der Waals surface area contributed by atoms with Crippen molar-refractivity contribution in [1.82, 2.24) is 14.8 Å². The molecule has 5 nitrogen and oxygen atoms in total. The number of rotatable bonds is 4. The van der Waals surface area contributed by atoms with Crippen molar-refractivity contribution < 1.29 is 5.11 Å². The molecule has 0 aliphatic carbocycles. The summed E-state index contributed by atoms with van der Waals surface area (Å²) in [5, 5.41) is 16.4. The van der Waals surface area contributed by atoms with Gasteiger partial charge >= 0.3 is 0 Å². The molecule has 0 saturated heterocycles. The highest BCUT2D eigenvalue weighted by Gasteiger charge is 2.15. The lowest BCUT2D eigenvalue weighted by Gasteiger charge is -2.05. The molecule has 0 unspecified atom stereocenters. The number of nitrogens with zero attached hydrogens (tertiary/aromatic N) is 3. The SMILES string of the molecule is Nc1ncc(-c2cnn(CCO)c2)c2scc(-c3cc[c]cc3)c12. The molecule has 119 valence electrons. The number of thiophene rings is 1. The lowest BCUT2D eigenvalue weighted by atomic mass is 10.0. The van der Waals surface area contributed by atoms with Crippen molar-refractivity contribution in [3.8, 4) is 22.3 Å². The molecule has 0 bridgehead atoms. The zero-order valence-electron chi connectivity index (χ0n) is 12.8. The molecular formula is C18H15N4OS. The summed E-state index contributed by atoms with van der Waals surface area (Å²) < 4.78 is 2.81. The number of anilines is 1. The van der Waals surface area contributed by atoms with Gasteiger partial charge in [-0.1, -0.05) is 24.3 Å². The van der Waals surface area contributed by atoms with Crippen molar-refractivity contribution in [2.45, 2.75) is 6.54 Å². The number of hydrogen-bond donors (Lipinski definition) is 2. The number of pyridine rings is 1. The zero-order chi connectivity index (χ0) is 16.5. The fourth-order valence-corrected chi connectivity index (χ4v) is 3.90. The minimum absolute atomic E-state index is 0.0602. The summed E-state index contributed by atoms with van der Waals surface area (Å²) in [6, 6.07) is 10.9. The average Bonchev–Trinajstić information content (AvgIpc) is 3.24. The van der Waals surface area contributed by atoms with Crippen molar-refractivity contribution in [3.63, 3.8) is 0 Å². The second-order valence-electron chi connectivity index (χ2n) is 5.41. The minimum Gasteiger partial charge on any atom is -0.394 e. The molecule has 0 aliphatic rings. The number of fused-ring (bicyclic) bond motifs is 1. The van der Waals surface area contributed by atoms with Crippen LogP contribution in [0.3, 0.4) is 0 Å². The van der Waals surface area contributed by atoms with Crippen molar-refractivity contribution >= 4 is 27.2 Å². The van der Waals surface area contributed by atoms with E-state index in [1.807, 2.05) is 30.5 Å². The predicted molar refractivity (Wildman–Crippen MR) is 96.6 cm³/mol. The maximum absolute atomic E-state index is 9.05. The van der Waals surface area contributed by atoms with Crippen LogP contribution in [0.25, 0.3) is 32.3 Å². The van der Waals surface area contributed by atoms with Crippen LogP contribution in [0.4, 0.5) is 5.82 Å². The number of aromatic nitrogens is 3. The molecule has 4 aromatic rings. The average molecular weight is 335 g/mol. The van der Waals surface area contributed by atoms with Crippen LogP contribution in [0.5, 0.6) is 0 Å². The third-order valence-electron chi connectivity index (χ3n) is 3.93. The van der Waals surface area contributed by atoms with E-state index in [9.17, 15) is 0 Å². The Balaban J connectivity index is 1.89. The van der Waals surface area contributed by atoms with E-state index >= 15 is 0 Å². The van der Waals surface area contributed by atoms with Crippen LogP contribution in [0.1, 0.15) is 0 Å². The van der Waals surface area contributed by atoms with Crippen LogP contribution in [0.2, 0.25) is 0 Å². The predicted octanol–water partition coefficient (Wildman–Crippen LogP) is 3.20. The van der Waals surface area contributed by atoms with Gasteiger partial charge in [-0.25, -0.2) is 4.98 Å². The third-order valence-corrected chi connectivity index (χ3v) is 4.94. The highest BCUT2D eigenvalue weighted by atomic mass is 32.1. The molecule has 6 heteroatoms. The van der Waals surface area contributed by atoms with Crippen molar-refractivity contribution in [2.75, 3.05) is 12.3 Å². The minimum atomic E-state index is 0.0602. The molecule has 0 amide bonds. The molecule has 0 saturated carbocycles. The molecule has 0 fully saturated rings. The summed E-state index contributed by atoms with van der Waals surface area (Å²) in [6.45, 7) is 0.534. The molecule has 4 rings (SSSR count). The van der Waals surface area contributed by atoms with E-state index in [2.05, 4.69) is 21.5 Å². The summed E-state index contributed by atoms with van der Waals surface area (Å²) in [5.74, 6) is 0.528. The fraction of sp³-hybridized carbons (Fsp3) is 0.111. The van der Waals surface area contributed by atoms with E-state index < -0.39 is 0 Å². The van der Waals surface area contributed by atoms with Crippen LogP contribution >= 0.6 is 11.3 Å². The number of aliphatic hydroxyl groups is 1. The van der Waals surface area contributed by atoms with Gasteiger partial charge in [0.1, 0.15) is 5.82 Å². The number of nitrogen functional groups attached to an aromatic ring is 1. The topological polar surface area (TPSA) is 77.0 Å². The van der Waals surface area contributed by atoms with Crippen LogP contribution in [-0.2, 0) is 6.54 Å². The van der Waals surface area contributed by atoms with Gasteiger partial charge in [0.2, 0.25) is 0 Å². The van der Waals surface area contributed by atoms with Gasteiger partial charge in [0.25, 0.3) is 0 Å². The quantitative estimate of drug-likeness (QED) is 0.600. The molecule has 24 heavy (non-hydrogen) atoms. The standard InChI is InChI=1S/C18H15N4OS/c19-18-16-15(12-4-2-1-3-5-12)11-24-17(16)14(9-20-18)13-8-21-22(10-13)6-7-23/h2-5,8-11,23H,6-7H2,(H2,19,20). The van der Waals surface area contributed by atoms with E-state index in [4.69, 9.17) is 10.8 Å². The highest BCUT2D eigenvalue weighted by Crippen LogP contribution is 2.41. The van der Waals surface area contributed by atoms with Gasteiger partial charge in [-0.2, -0.15) is 5.10 Å². The first kappa shape index (κ1) is 14.9. The summed E-state index contributed by atoms with van der Waals surface area (Å²) in [7, 11) is 0.